The molecule has 6 heteroatoms. The van der Waals surface area contributed by atoms with E-state index in [1.54, 1.807) is 30.3 Å². The predicted molar refractivity (Wildman–Crippen MR) is 80.3 cm³/mol. The van der Waals surface area contributed by atoms with Gasteiger partial charge in [-0.1, -0.05) is 41.9 Å². The molecule has 3 nitrogen and oxygen atoms in total. The summed E-state index contributed by atoms with van der Waals surface area (Å²) >= 11 is 5.73. The number of aliphatic hydroxyl groups excluding tert-OH is 1. The molecule has 0 bridgehead atoms. The minimum atomic E-state index is -3.57. The second-order valence-electron chi connectivity index (χ2n) is 4.72. The summed E-state index contributed by atoms with van der Waals surface area (Å²) in [5.41, 5.74) is 0.553. The summed E-state index contributed by atoms with van der Waals surface area (Å²) < 4.78 is 37.6. The first-order valence-corrected chi connectivity index (χ1v) is 8.45. The maximum absolute atomic E-state index is 13.5. The third kappa shape index (κ3) is 4.52. The van der Waals surface area contributed by atoms with E-state index in [0.29, 0.717) is 10.6 Å². The third-order valence-corrected chi connectivity index (χ3v) is 4.82. The lowest BCUT2D eigenvalue weighted by atomic mass is 10.1. The summed E-state index contributed by atoms with van der Waals surface area (Å²) in [5, 5.41) is 10.4. The van der Waals surface area contributed by atoms with Gasteiger partial charge in [0.1, 0.15) is 5.82 Å². The zero-order valence-corrected chi connectivity index (χ0v) is 12.6. The molecule has 1 N–H and O–H groups in total. The first-order valence-electron chi connectivity index (χ1n) is 6.25. The maximum atomic E-state index is 13.5. The van der Waals surface area contributed by atoms with Gasteiger partial charge >= 0.3 is 0 Å². The molecule has 112 valence electrons. The van der Waals surface area contributed by atoms with Crippen LogP contribution in [0, 0.1) is 5.82 Å². The molecular weight excluding hydrogens is 315 g/mol. The predicted octanol–water partition coefficient (Wildman–Crippen LogP) is 3.13. The summed E-state index contributed by atoms with van der Waals surface area (Å²) in [5.74, 6) is -1.38. The average Bonchev–Trinajstić information content (AvgIpc) is 2.41. The number of rotatable bonds is 5. The molecule has 0 heterocycles. The molecule has 1 unspecified atom stereocenters. The van der Waals surface area contributed by atoms with Crippen LogP contribution in [0.2, 0.25) is 5.02 Å². The molecule has 0 fully saturated rings. The van der Waals surface area contributed by atoms with Gasteiger partial charge in [-0.25, -0.2) is 12.8 Å². The molecule has 0 radical (unpaired) electrons. The van der Waals surface area contributed by atoms with Crippen molar-refractivity contribution in [2.45, 2.75) is 11.9 Å². The van der Waals surface area contributed by atoms with Crippen LogP contribution in [0.25, 0.3) is 0 Å². The van der Waals surface area contributed by atoms with Crippen molar-refractivity contribution in [3.05, 3.63) is 70.5 Å². The molecule has 0 saturated heterocycles. The number of hydrogen-bond acceptors (Lipinski definition) is 3. The third-order valence-electron chi connectivity index (χ3n) is 2.98. The molecule has 0 amide bonds. The Morgan fingerprint density at radius 2 is 1.71 bits per heavy atom. The Labute approximate surface area is 127 Å². The normalized spacial score (nSPS) is 13.1. The SMILES string of the molecule is O=S(=O)(Cc1ccc(Cl)cc1)CC(O)c1ccccc1F. The highest BCUT2D eigenvalue weighted by molar-refractivity contribution is 7.90. The van der Waals surface area contributed by atoms with E-state index in [0.717, 1.165) is 0 Å². The first kappa shape index (κ1) is 15.9. The van der Waals surface area contributed by atoms with Gasteiger partial charge in [-0.2, -0.15) is 0 Å². The van der Waals surface area contributed by atoms with E-state index in [9.17, 15) is 17.9 Å². The van der Waals surface area contributed by atoms with Crippen LogP contribution in [0.1, 0.15) is 17.2 Å². The molecule has 0 spiro atoms. The molecular formula is C15H14ClFO3S. The van der Waals surface area contributed by atoms with E-state index in [1.165, 1.54) is 18.2 Å². The van der Waals surface area contributed by atoms with E-state index in [1.807, 2.05) is 0 Å². The number of hydrogen-bond donors (Lipinski definition) is 1. The largest absolute Gasteiger partial charge is 0.387 e. The van der Waals surface area contributed by atoms with Crippen LogP contribution in [0.4, 0.5) is 4.39 Å². The Kier molecular flexibility index (Phi) is 4.98. The molecule has 1 atom stereocenters. The van der Waals surface area contributed by atoms with Crippen LogP contribution < -0.4 is 0 Å². The number of sulfone groups is 1. The maximum Gasteiger partial charge on any atom is 0.157 e. The van der Waals surface area contributed by atoms with Crippen LogP contribution in [-0.4, -0.2) is 19.3 Å². The molecule has 0 aromatic heterocycles. The lowest BCUT2D eigenvalue weighted by molar-refractivity contribution is 0.196. The Morgan fingerprint density at radius 3 is 2.33 bits per heavy atom. The zero-order chi connectivity index (χ0) is 15.5. The van der Waals surface area contributed by atoms with Crippen molar-refractivity contribution < 1.29 is 17.9 Å². The van der Waals surface area contributed by atoms with E-state index in [-0.39, 0.29) is 11.3 Å². The smallest absolute Gasteiger partial charge is 0.157 e. The van der Waals surface area contributed by atoms with Gasteiger partial charge in [0.15, 0.2) is 9.84 Å². The van der Waals surface area contributed by atoms with Crippen molar-refractivity contribution in [2.24, 2.45) is 0 Å². The fraction of sp³-hybridized carbons (Fsp3) is 0.200. The Morgan fingerprint density at radius 1 is 1.10 bits per heavy atom. The summed E-state index contributed by atoms with van der Waals surface area (Å²) in [7, 11) is -3.57. The fourth-order valence-corrected chi connectivity index (χ4v) is 3.57. The number of benzene rings is 2. The Hall–Kier alpha value is -1.43. The highest BCUT2D eigenvalue weighted by Crippen LogP contribution is 2.20. The van der Waals surface area contributed by atoms with Gasteiger partial charge in [-0.05, 0) is 23.8 Å². The summed E-state index contributed by atoms with van der Waals surface area (Å²) in [6.07, 6.45) is -1.39. The summed E-state index contributed by atoms with van der Waals surface area (Å²) in [6.45, 7) is 0. The van der Waals surface area contributed by atoms with Crippen molar-refractivity contribution in [1.29, 1.82) is 0 Å². The molecule has 2 aromatic rings. The van der Waals surface area contributed by atoms with Gasteiger partial charge < -0.3 is 5.11 Å². The van der Waals surface area contributed by atoms with Crippen LogP contribution >= 0.6 is 11.6 Å². The van der Waals surface area contributed by atoms with Crippen molar-refractivity contribution in [1.82, 2.24) is 0 Å². The van der Waals surface area contributed by atoms with Crippen molar-refractivity contribution in [3.63, 3.8) is 0 Å². The first-order chi connectivity index (χ1) is 9.87. The quantitative estimate of drug-likeness (QED) is 0.917. The molecule has 0 aliphatic carbocycles. The van der Waals surface area contributed by atoms with Crippen LogP contribution in [0.15, 0.2) is 48.5 Å². The van der Waals surface area contributed by atoms with Gasteiger partial charge in [0.25, 0.3) is 0 Å². The summed E-state index contributed by atoms with van der Waals surface area (Å²) in [4.78, 5) is 0. The molecule has 2 rings (SSSR count). The van der Waals surface area contributed by atoms with Crippen LogP contribution in [0.3, 0.4) is 0 Å². The monoisotopic (exact) mass is 328 g/mol. The lowest BCUT2D eigenvalue weighted by Crippen LogP contribution is -2.17. The highest BCUT2D eigenvalue weighted by Gasteiger charge is 2.21. The standard InChI is InChI=1S/C15H14ClFO3S/c16-12-7-5-11(6-8-12)9-21(19,20)10-15(18)13-3-1-2-4-14(13)17/h1-8,15,18H,9-10H2. The van der Waals surface area contributed by atoms with Gasteiger partial charge in [-0.15, -0.1) is 0 Å². The van der Waals surface area contributed by atoms with Gasteiger partial charge in [0, 0.05) is 10.6 Å². The van der Waals surface area contributed by atoms with Gasteiger partial charge in [0.05, 0.1) is 17.6 Å². The Bertz CT molecular complexity index is 714. The highest BCUT2D eigenvalue weighted by atomic mass is 35.5. The Balaban J connectivity index is 2.10. The molecule has 0 saturated carbocycles. The van der Waals surface area contributed by atoms with Gasteiger partial charge in [0.2, 0.25) is 0 Å². The molecule has 0 aliphatic heterocycles. The van der Waals surface area contributed by atoms with E-state index in [4.69, 9.17) is 11.6 Å². The minimum absolute atomic E-state index is 0.0165. The van der Waals surface area contributed by atoms with E-state index < -0.39 is 27.5 Å². The van der Waals surface area contributed by atoms with Gasteiger partial charge in [-0.3, -0.25) is 0 Å². The second kappa shape index (κ2) is 6.56. The van der Waals surface area contributed by atoms with Crippen molar-refractivity contribution in [3.8, 4) is 0 Å². The fourth-order valence-electron chi connectivity index (χ4n) is 1.97. The lowest BCUT2D eigenvalue weighted by Gasteiger charge is -2.12. The average molecular weight is 329 g/mol. The molecule has 2 aromatic carbocycles. The second-order valence-corrected chi connectivity index (χ2v) is 7.26. The molecule has 0 aliphatic rings. The number of halogens is 2. The summed E-state index contributed by atoms with van der Waals surface area (Å²) in [6, 6.07) is 12.0. The minimum Gasteiger partial charge on any atom is -0.387 e. The van der Waals surface area contributed by atoms with Crippen LogP contribution in [0.5, 0.6) is 0 Å². The van der Waals surface area contributed by atoms with E-state index >= 15 is 0 Å². The molecule has 21 heavy (non-hydrogen) atoms. The zero-order valence-electron chi connectivity index (χ0n) is 11.0. The topological polar surface area (TPSA) is 54.4 Å². The van der Waals surface area contributed by atoms with Crippen molar-refractivity contribution >= 4 is 21.4 Å². The van der Waals surface area contributed by atoms with Crippen molar-refractivity contribution in [2.75, 3.05) is 5.75 Å². The van der Waals surface area contributed by atoms with E-state index in [2.05, 4.69) is 0 Å². The number of aliphatic hydroxyl groups is 1. The van der Waals surface area contributed by atoms with Crippen LogP contribution in [-0.2, 0) is 15.6 Å².